The molecule has 0 saturated heterocycles. The van der Waals surface area contributed by atoms with E-state index in [0.29, 0.717) is 16.6 Å². The second kappa shape index (κ2) is 9.05. The Morgan fingerprint density at radius 2 is 1.97 bits per heavy atom. The molecule has 0 radical (unpaired) electrons. The Balaban J connectivity index is 1.52. The van der Waals surface area contributed by atoms with Gasteiger partial charge in [0.15, 0.2) is 5.16 Å². The van der Waals surface area contributed by atoms with Gasteiger partial charge in [0.05, 0.1) is 18.6 Å². The Hall–Kier alpha value is -3.59. The van der Waals surface area contributed by atoms with Crippen LogP contribution in [0.5, 0.6) is 5.75 Å². The number of carbonyl (C=O) groups excluding carboxylic acids is 1. The van der Waals surface area contributed by atoms with Gasteiger partial charge in [0, 0.05) is 24.1 Å². The lowest BCUT2D eigenvalue weighted by Crippen LogP contribution is -2.20. The van der Waals surface area contributed by atoms with Crippen molar-refractivity contribution in [2.75, 3.05) is 18.2 Å². The summed E-state index contributed by atoms with van der Waals surface area (Å²) in [6.45, 7) is 2.04. The molecule has 2 aromatic carbocycles. The van der Waals surface area contributed by atoms with Gasteiger partial charge in [-0.3, -0.25) is 18.6 Å². The van der Waals surface area contributed by atoms with Crippen LogP contribution >= 0.6 is 11.8 Å². The number of ether oxygens (including phenoxy) is 1. The molecule has 0 spiro atoms. The number of hydrogen-bond acceptors (Lipinski definition) is 6. The summed E-state index contributed by atoms with van der Waals surface area (Å²) >= 11 is 1.22. The van der Waals surface area contributed by atoms with Crippen LogP contribution in [-0.2, 0) is 11.2 Å². The van der Waals surface area contributed by atoms with Crippen LogP contribution in [-0.4, -0.2) is 37.9 Å². The van der Waals surface area contributed by atoms with E-state index in [1.54, 1.807) is 30.0 Å². The van der Waals surface area contributed by atoms with Crippen molar-refractivity contribution in [3.05, 3.63) is 76.8 Å². The summed E-state index contributed by atoms with van der Waals surface area (Å²) in [4.78, 5) is 25.3. The van der Waals surface area contributed by atoms with Crippen molar-refractivity contribution in [1.82, 2.24) is 19.2 Å². The van der Waals surface area contributed by atoms with Gasteiger partial charge in [-0.15, -0.1) is 10.2 Å². The highest BCUT2D eigenvalue weighted by Gasteiger charge is 2.14. The maximum atomic E-state index is 12.9. The molecule has 0 saturated carbocycles. The number of fused-ring (bicyclic) bond motifs is 1. The quantitative estimate of drug-likeness (QED) is 0.449. The molecular weight excluding hydrogens is 414 g/mol. The molecule has 0 aliphatic carbocycles. The third-order valence-electron chi connectivity index (χ3n) is 4.78. The topological polar surface area (TPSA) is 90.5 Å². The Morgan fingerprint density at radius 3 is 2.77 bits per heavy atom. The molecule has 1 amide bonds. The van der Waals surface area contributed by atoms with E-state index in [1.807, 2.05) is 49.4 Å². The molecule has 2 heterocycles. The molecule has 0 aliphatic rings. The van der Waals surface area contributed by atoms with Gasteiger partial charge in [-0.05, 0) is 30.2 Å². The zero-order chi connectivity index (χ0) is 21.8. The molecule has 0 unspecified atom stereocenters. The number of aryl methyl sites for hydroxylation is 1. The molecule has 9 heteroatoms. The van der Waals surface area contributed by atoms with Crippen LogP contribution in [0.1, 0.15) is 12.5 Å². The van der Waals surface area contributed by atoms with E-state index in [2.05, 4.69) is 15.5 Å². The summed E-state index contributed by atoms with van der Waals surface area (Å²) in [5.41, 5.74) is 2.42. The largest absolute Gasteiger partial charge is 0.497 e. The predicted molar refractivity (Wildman–Crippen MR) is 120 cm³/mol. The molecule has 1 N–H and O–H groups in total. The fraction of sp³-hybridized carbons (Fsp3) is 0.182. The van der Waals surface area contributed by atoms with Crippen LogP contribution in [0.25, 0.3) is 11.3 Å². The molecule has 0 atom stereocenters. The lowest BCUT2D eigenvalue weighted by Gasteiger charge is -2.09. The van der Waals surface area contributed by atoms with Gasteiger partial charge < -0.3 is 10.1 Å². The van der Waals surface area contributed by atoms with Crippen LogP contribution in [0, 0.1) is 0 Å². The number of nitrogens with zero attached hydrogens (tertiary/aromatic N) is 4. The fourth-order valence-electron chi connectivity index (χ4n) is 3.20. The van der Waals surface area contributed by atoms with Crippen LogP contribution in [0.4, 0.5) is 5.69 Å². The lowest BCUT2D eigenvalue weighted by molar-refractivity contribution is -0.113. The van der Waals surface area contributed by atoms with Gasteiger partial charge >= 0.3 is 5.56 Å². The monoisotopic (exact) mass is 435 g/mol. The number of anilines is 1. The van der Waals surface area contributed by atoms with E-state index < -0.39 is 0 Å². The number of rotatable bonds is 7. The van der Waals surface area contributed by atoms with Gasteiger partial charge in [0.25, 0.3) is 0 Å². The number of amides is 1. The van der Waals surface area contributed by atoms with Crippen molar-refractivity contribution < 1.29 is 9.53 Å². The number of benzene rings is 2. The minimum Gasteiger partial charge on any atom is -0.497 e. The summed E-state index contributed by atoms with van der Waals surface area (Å²) in [6, 6.07) is 14.9. The van der Waals surface area contributed by atoms with E-state index in [9.17, 15) is 9.59 Å². The van der Waals surface area contributed by atoms with Crippen LogP contribution in [0.15, 0.2) is 70.9 Å². The third-order valence-corrected chi connectivity index (χ3v) is 5.72. The standard InChI is InChI=1S/C22H21N5O3S/c1-3-15-7-4-5-10-18(15)23-19(28)14-31-22-25-24-20-21(29)26(11-12-27(20)22)16-8-6-9-17(13-16)30-2/h4-13H,3,14H2,1-2H3,(H,23,28). The van der Waals surface area contributed by atoms with E-state index in [0.717, 1.165) is 17.7 Å². The van der Waals surface area contributed by atoms with Crippen LogP contribution < -0.4 is 15.6 Å². The maximum absolute atomic E-state index is 12.9. The van der Waals surface area contributed by atoms with Crippen LogP contribution in [0.2, 0.25) is 0 Å². The molecule has 158 valence electrons. The highest BCUT2D eigenvalue weighted by Crippen LogP contribution is 2.20. The molecule has 31 heavy (non-hydrogen) atoms. The molecule has 4 aromatic rings. The second-order valence-corrected chi connectivity index (χ2v) is 7.64. The molecule has 4 rings (SSSR count). The Labute approximate surface area is 182 Å². The summed E-state index contributed by atoms with van der Waals surface area (Å²) in [7, 11) is 1.57. The predicted octanol–water partition coefficient (Wildman–Crippen LogP) is 3.18. The smallest absolute Gasteiger partial charge is 0.300 e. The molecular formula is C22H21N5O3S. The first-order valence-electron chi connectivity index (χ1n) is 9.72. The first-order valence-corrected chi connectivity index (χ1v) is 10.7. The van der Waals surface area contributed by atoms with Crippen molar-refractivity contribution in [2.45, 2.75) is 18.5 Å². The summed E-state index contributed by atoms with van der Waals surface area (Å²) in [5, 5.41) is 11.5. The first kappa shape index (κ1) is 20.7. The zero-order valence-electron chi connectivity index (χ0n) is 17.1. The molecule has 8 nitrogen and oxygen atoms in total. The summed E-state index contributed by atoms with van der Waals surface area (Å²) in [6.07, 6.45) is 4.19. The van der Waals surface area contributed by atoms with E-state index in [-0.39, 0.29) is 22.9 Å². The van der Waals surface area contributed by atoms with Crippen LogP contribution in [0.3, 0.4) is 0 Å². The number of carbonyl (C=O) groups is 1. The van der Waals surface area contributed by atoms with E-state index in [1.165, 1.54) is 16.3 Å². The highest BCUT2D eigenvalue weighted by atomic mass is 32.2. The number of aromatic nitrogens is 4. The third kappa shape index (κ3) is 4.31. The summed E-state index contributed by atoms with van der Waals surface area (Å²) in [5.74, 6) is 0.655. The van der Waals surface area contributed by atoms with Crippen molar-refractivity contribution in [3.8, 4) is 11.4 Å². The summed E-state index contributed by atoms with van der Waals surface area (Å²) < 4.78 is 8.31. The molecule has 0 bridgehead atoms. The van der Waals surface area contributed by atoms with E-state index >= 15 is 0 Å². The van der Waals surface area contributed by atoms with Crippen molar-refractivity contribution in [1.29, 1.82) is 0 Å². The van der Waals surface area contributed by atoms with Crippen molar-refractivity contribution in [2.24, 2.45) is 0 Å². The highest BCUT2D eigenvalue weighted by molar-refractivity contribution is 7.99. The minimum absolute atomic E-state index is 0.146. The number of nitrogens with one attached hydrogen (secondary N) is 1. The second-order valence-electron chi connectivity index (χ2n) is 6.70. The number of para-hydroxylation sites is 1. The minimum atomic E-state index is -0.309. The van der Waals surface area contributed by atoms with Gasteiger partial charge in [-0.2, -0.15) is 0 Å². The zero-order valence-corrected chi connectivity index (χ0v) is 17.9. The van der Waals surface area contributed by atoms with Gasteiger partial charge in [0.2, 0.25) is 11.6 Å². The van der Waals surface area contributed by atoms with Gasteiger partial charge in [0.1, 0.15) is 5.75 Å². The number of hydrogen-bond donors (Lipinski definition) is 1. The molecule has 0 fully saturated rings. The van der Waals surface area contributed by atoms with Gasteiger partial charge in [-0.1, -0.05) is 43.0 Å². The Kier molecular flexibility index (Phi) is 6.03. The Morgan fingerprint density at radius 1 is 1.13 bits per heavy atom. The lowest BCUT2D eigenvalue weighted by atomic mass is 10.1. The van der Waals surface area contributed by atoms with Gasteiger partial charge in [-0.25, -0.2) is 0 Å². The average molecular weight is 436 g/mol. The van der Waals surface area contributed by atoms with Crippen molar-refractivity contribution >= 4 is 29.0 Å². The van der Waals surface area contributed by atoms with Crippen molar-refractivity contribution in [3.63, 3.8) is 0 Å². The maximum Gasteiger partial charge on any atom is 0.300 e. The fourth-order valence-corrected chi connectivity index (χ4v) is 3.91. The normalized spacial score (nSPS) is 10.9. The Bertz CT molecular complexity index is 1300. The number of methoxy groups -OCH3 is 1. The molecule has 2 aromatic heterocycles. The SMILES string of the molecule is CCc1ccccc1NC(=O)CSc1nnc2c(=O)n(-c3cccc(OC)c3)ccn12. The first-order chi connectivity index (χ1) is 15.1. The average Bonchev–Trinajstić information content (AvgIpc) is 3.22. The molecule has 0 aliphatic heterocycles. The number of thioether (sulfide) groups is 1. The van der Waals surface area contributed by atoms with E-state index in [4.69, 9.17) is 4.74 Å².